The summed E-state index contributed by atoms with van der Waals surface area (Å²) in [5.74, 6) is -0.0437. The van der Waals surface area contributed by atoms with Gasteiger partial charge in [-0.15, -0.1) is 0 Å². The number of fused-ring (bicyclic) bond motifs is 2. The molecule has 0 bridgehead atoms. The molecule has 0 aliphatic heterocycles. The van der Waals surface area contributed by atoms with Crippen molar-refractivity contribution in [2.24, 2.45) is 5.92 Å². The maximum atomic E-state index is 13.3. The summed E-state index contributed by atoms with van der Waals surface area (Å²) >= 11 is 6.56. The van der Waals surface area contributed by atoms with Crippen molar-refractivity contribution >= 4 is 45.2 Å². The van der Waals surface area contributed by atoms with Gasteiger partial charge in [-0.1, -0.05) is 41.9 Å². The lowest BCUT2D eigenvalue weighted by Gasteiger charge is -2.28. The van der Waals surface area contributed by atoms with Gasteiger partial charge in [-0.3, -0.25) is 14.6 Å². The average molecular weight is 490 g/mol. The van der Waals surface area contributed by atoms with Crippen LogP contribution in [0.4, 0.5) is 0 Å². The van der Waals surface area contributed by atoms with Crippen molar-refractivity contribution in [1.82, 2.24) is 14.9 Å². The first-order valence-electron chi connectivity index (χ1n) is 12.0. The minimum absolute atomic E-state index is 0.00497. The van der Waals surface area contributed by atoms with Crippen molar-refractivity contribution in [3.05, 3.63) is 77.2 Å². The third kappa shape index (κ3) is 5.17. The zero-order valence-corrected chi connectivity index (χ0v) is 20.4. The molecule has 6 nitrogen and oxygen atoms in total. The number of rotatable bonds is 6. The molecule has 0 saturated heterocycles. The number of halogens is 1. The highest BCUT2D eigenvalue weighted by molar-refractivity contribution is 6.35. The van der Waals surface area contributed by atoms with E-state index in [1.807, 2.05) is 47.3 Å². The number of hydrogen-bond acceptors (Lipinski definition) is 4. The predicted molar refractivity (Wildman–Crippen MR) is 138 cm³/mol. The van der Waals surface area contributed by atoms with Crippen molar-refractivity contribution in [3.63, 3.8) is 0 Å². The summed E-state index contributed by atoms with van der Waals surface area (Å²) in [5.41, 5.74) is 2.21. The molecule has 1 amide bonds. The molecular formula is C28H28ClN3O3. The van der Waals surface area contributed by atoms with Gasteiger partial charge in [-0.2, -0.15) is 0 Å². The van der Waals surface area contributed by atoms with Crippen molar-refractivity contribution in [3.8, 4) is 0 Å². The molecule has 5 rings (SSSR count). The van der Waals surface area contributed by atoms with Crippen LogP contribution < -0.4 is 5.32 Å². The van der Waals surface area contributed by atoms with E-state index in [-0.39, 0.29) is 18.0 Å². The molecule has 7 heteroatoms. The van der Waals surface area contributed by atoms with Crippen molar-refractivity contribution in [2.75, 3.05) is 6.54 Å². The zero-order chi connectivity index (χ0) is 24.4. The van der Waals surface area contributed by atoms with Crippen molar-refractivity contribution in [2.45, 2.75) is 45.3 Å². The Balaban J connectivity index is 1.33. The molecule has 0 radical (unpaired) electrons. The first kappa shape index (κ1) is 23.4. The summed E-state index contributed by atoms with van der Waals surface area (Å²) in [6.45, 7) is 2.56. The summed E-state index contributed by atoms with van der Waals surface area (Å²) in [7, 11) is 0. The quantitative estimate of drug-likeness (QED) is 0.350. The summed E-state index contributed by atoms with van der Waals surface area (Å²) in [5, 5.41) is 6.72. The number of hydrogen-bond donors (Lipinski definition) is 1. The summed E-state index contributed by atoms with van der Waals surface area (Å²) < 4.78 is 7.36. The van der Waals surface area contributed by atoms with Gasteiger partial charge >= 0.3 is 5.97 Å². The van der Waals surface area contributed by atoms with Gasteiger partial charge in [-0.25, -0.2) is 0 Å². The lowest BCUT2D eigenvalue weighted by molar-refractivity contribution is -0.148. The zero-order valence-electron chi connectivity index (χ0n) is 19.7. The molecule has 180 valence electrons. The van der Waals surface area contributed by atoms with Crippen LogP contribution in [0.25, 0.3) is 21.7 Å². The molecule has 0 atom stereocenters. The molecule has 1 aliphatic rings. The van der Waals surface area contributed by atoms with Gasteiger partial charge in [0.2, 0.25) is 0 Å². The Morgan fingerprint density at radius 1 is 1.06 bits per heavy atom. The number of amides is 1. The number of carbonyl (C=O) groups excluding carboxylic acids is 2. The van der Waals surface area contributed by atoms with E-state index >= 15 is 0 Å². The number of carbonyl (C=O) groups is 2. The second kappa shape index (κ2) is 10.1. The molecule has 2 aromatic carbocycles. The fourth-order valence-corrected chi connectivity index (χ4v) is 5.26. The molecule has 1 aliphatic carbocycles. The number of benzene rings is 2. The van der Waals surface area contributed by atoms with E-state index in [0.717, 1.165) is 53.1 Å². The summed E-state index contributed by atoms with van der Waals surface area (Å²) in [6.07, 6.45) is 7.35. The van der Waals surface area contributed by atoms with Gasteiger partial charge in [0, 0.05) is 36.6 Å². The minimum Gasteiger partial charge on any atom is -0.463 e. The Labute approximate surface area is 209 Å². The lowest BCUT2D eigenvalue weighted by atomic mass is 9.87. The van der Waals surface area contributed by atoms with Crippen LogP contribution in [0, 0.1) is 5.92 Å². The lowest BCUT2D eigenvalue weighted by Crippen LogP contribution is -2.33. The van der Waals surface area contributed by atoms with Crippen LogP contribution in [0.1, 0.15) is 48.7 Å². The average Bonchev–Trinajstić information content (AvgIpc) is 3.25. The molecule has 1 saturated carbocycles. The molecule has 4 aromatic rings. The Hall–Kier alpha value is -3.38. The van der Waals surface area contributed by atoms with E-state index in [0.29, 0.717) is 29.6 Å². The van der Waals surface area contributed by atoms with Crippen LogP contribution >= 0.6 is 11.6 Å². The molecular weight excluding hydrogens is 462 g/mol. The fourth-order valence-electron chi connectivity index (χ4n) is 5.02. The SMILES string of the molecule is CC(=O)OC1CCC(CNC(=O)c2c(Cl)ccc3ccn(Cc4cc5ccccc5cn4)c23)CC1. The Bertz CT molecular complexity index is 1390. The van der Waals surface area contributed by atoms with E-state index < -0.39 is 0 Å². The van der Waals surface area contributed by atoms with E-state index in [9.17, 15) is 9.59 Å². The van der Waals surface area contributed by atoms with Crippen LogP contribution in [0.3, 0.4) is 0 Å². The maximum absolute atomic E-state index is 13.3. The summed E-state index contributed by atoms with van der Waals surface area (Å²) in [6, 6.07) is 15.9. The number of pyridine rings is 1. The van der Waals surface area contributed by atoms with Gasteiger partial charge in [0.1, 0.15) is 6.10 Å². The van der Waals surface area contributed by atoms with Crippen LogP contribution in [0.2, 0.25) is 5.02 Å². The predicted octanol–water partition coefficient (Wildman–Crippen LogP) is 5.74. The highest BCUT2D eigenvalue weighted by Gasteiger charge is 2.24. The highest BCUT2D eigenvalue weighted by atomic mass is 35.5. The molecule has 2 aromatic heterocycles. The number of esters is 1. The van der Waals surface area contributed by atoms with Crippen LogP contribution in [0.5, 0.6) is 0 Å². The first-order chi connectivity index (χ1) is 17.0. The van der Waals surface area contributed by atoms with E-state index in [1.165, 1.54) is 6.92 Å². The Morgan fingerprint density at radius 3 is 2.60 bits per heavy atom. The molecule has 1 N–H and O–H groups in total. The summed E-state index contributed by atoms with van der Waals surface area (Å²) in [4.78, 5) is 29.1. The number of nitrogens with one attached hydrogen (secondary N) is 1. The highest BCUT2D eigenvalue weighted by Crippen LogP contribution is 2.29. The first-order valence-corrected chi connectivity index (χ1v) is 12.4. The molecule has 0 spiro atoms. The van der Waals surface area contributed by atoms with Crippen molar-refractivity contribution in [1.29, 1.82) is 0 Å². The monoisotopic (exact) mass is 489 g/mol. The molecule has 35 heavy (non-hydrogen) atoms. The van der Waals surface area contributed by atoms with Crippen molar-refractivity contribution < 1.29 is 14.3 Å². The second-order valence-electron chi connectivity index (χ2n) is 9.29. The van der Waals surface area contributed by atoms with Gasteiger partial charge in [0.25, 0.3) is 5.91 Å². The molecule has 1 fully saturated rings. The third-order valence-electron chi connectivity index (χ3n) is 6.80. The van der Waals surface area contributed by atoms with E-state index in [1.54, 1.807) is 6.07 Å². The van der Waals surface area contributed by atoms with Crippen LogP contribution in [-0.4, -0.2) is 34.1 Å². The van der Waals surface area contributed by atoms with Gasteiger partial charge in [-0.05, 0) is 55.2 Å². The van der Waals surface area contributed by atoms with E-state index in [4.69, 9.17) is 16.3 Å². The standard InChI is InChI=1S/C28H28ClN3O3/c1-18(33)35-24-9-6-19(7-10-24)15-31-28(34)26-25(29)11-8-20-12-13-32(27(20)26)17-23-14-21-4-2-3-5-22(21)16-30-23/h2-5,8,11-14,16,19,24H,6-7,9-10,15,17H2,1H3,(H,31,34). The van der Waals surface area contributed by atoms with Gasteiger partial charge in [0.15, 0.2) is 0 Å². The second-order valence-corrected chi connectivity index (χ2v) is 9.70. The maximum Gasteiger partial charge on any atom is 0.302 e. The van der Waals surface area contributed by atoms with Crippen LogP contribution in [0.15, 0.2) is 60.9 Å². The number of ether oxygens (including phenoxy) is 1. The normalized spacial score (nSPS) is 18.0. The van der Waals surface area contributed by atoms with Gasteiger partial charge in [0.05, 0.1) is 28.3 Å². The molecule has 2 heterocycles. The number of nitrogens with zero attached hydrogens (tertiary/aromatic N) is 2. The number of aromatic nitrogens is 2. The topological polar surface area (TPSA) is 73.2 Å². The van der Waals surface area contributed by atoms with Gasteiger partial charge < -0.3 is 14.6 Å². The van der Waals surface area contributed by atoms with E-state index in [2.05, 4.69) is 22.4 Å². The minimum atomic E-state index is -0.230. The fraction of sp³-hybridized carbons (Fsp3) is 0.321. The third-order valence-corrected chi connectivity index (χ3v) is 7.12. The Kier molecular flexibility index (Phi) is 6.73. The molecule has 0 unspecified atom stereocenters. The smallest absolute Gasteiger partial charge is 0.302 e. The largest absolute Gasteiger partial charge is 0.463 e. The Morgan fingerprint density at radius 2 is 1.83 bits per heavy atom. The van der Waals surface area contributed by atoms with Crippen LogP contribution in [-0.2, 0) is 16.1 Å².